The lowest BCUT2D eigenvalue weighted by molar-refractivity contribution is 0.468. The molecule has 5 heteroatoms. The number of pyridine rings is 1. The Morgan fingerprint density at radius 1 is 1.21 bits per heavy atom. The molecule has 2 rings (SSSR count). The normalized spacial score (nSPS) is 17.2. The van der Waals surface area contributed by atoms with Gasteiger partial charge in [-0.05, 0) is 18.9 Å². The van der Waals surface area contributed by atoms with Crippen molar-refractivity contribution in [1.82, 2.24) is 10.3 Å². The summed E-state index contributed by atoms with van der Waals surface area (Å²) < 4.78 is 13.5. The van der Waals surface area contributed by atoms with Crippen LogP contribution in [0.4, 0.5) is 10.2 Å². The molecule has 1 aliphatic rings. The number of anilines is 1. The topological polar surface area (TPSA) is 37.0 Å². The molecule has 1 aromatic heterocycles. The van der Waals surface area contributed by atoms with Crippen LogP contribution in [0.3, 0.4) is 0 Å². The van der Waals surface area contributed by atoms with Crippen molar-refractivity contribution in [2.45, 2.75) is 44.6 Å². The van der Waals surface area contributed by atoms with E-state index in [-0.39, 0.29) is 5.82 Å². The Morgan fingerprint density at radius 2 is 1.95 bits per heavy atom. The lowest BCUT2D eigenvalue weighted by atomic mass is 10.1. The highest BCUT2D eigenvalue weighted by Gasteiger charge is 2.11. The molecule has 0 saturated heterocycles. The van der Waals surface area contributed by atoms with Crippen molar-refractivity contribution in [2.75, 3.05) is 18.4 Å². The molecule has 1 aromatic rings. The summed E-state index contributed by atoms with van der Waals surface area (Å²) in [7, 11) is 0. The highest BCUT2D eigenvalue weighted by molar-refractivity contribution is 6.30. The van der Waals surface area contributed by atoms with Crippen LogP contribution in [0.15, 0.2) is 12.3 Å². The number of rotatable bonds is 5. The maximum Gasteiger partial charge on any atom is 0.166 e. The Kier molecular flexibility index (Phi) is 5.86. The number of nitrogens with zero attached hydrogens (tertiary/aromatic N) is 1. The van der Waals surface area contributed by atoms with Crippen molar-refractivity contribution in [3.8, 4) is 0 Å². The van der Waals surface area contributed by atoms with E-state index in [1.165, 1.54) is 50.8 Å². The summed E-state index contributed by atoms with van der Waals surface area (Å²) in [6.07, 6.45) is 9.32. The van der Waals surface area contributed by atoms with Crippen LogP contribution in [0.25, 0.3) is 0 Å². The SMILES string of the molecule is Fc1cc(Cl)cnc1NCCNC1CCCCCC1. The second kappa shape index (κ2) is 7.65. The van der Waals surface area contributed by atoms with E-state index in [1.54, 1.807) is 0 Å². The summed E-state index contributed by atoms with van der Waals surface area (Å²) >= 11 is 5.65. The minimum absolute atomic E-state index is 0.270. The standard InChI is InChI=1S/C14H21ClFN3/c15-11-9-13(16)14(19-10-11)18-8-7-17-12-5-3-1-2-4-6-12/h9-10,12,17H,1-8H2,(H,18,19). The third-order valence-electron chi connectivity index (χ3n) is 3.51. The quantitative estimate of drug-likeness (QED) is 0.641. The first kappa shape index (κ1) is 14.5. The van der Waals surface area contributed by atoms with E-state index >= 15 is 0 Å². The van der Waals surface area contributed by atoms with E-state index in [4.69, 9.17) is 11.6 Å². The van der Waals surface area contributed by atoms with Crippen molar-refractivity contribution in [1.29, 1.82) is 0 Å². The lowest BCUT2D eigenvalue weighted by Gasteiger charge is -2.16. The fourth-order valence-electron chi connectivity index (χ4n) is 2.49. The molecule has 0 unspecified atom stereocenters. The molecule has 2 N–H and O–H groups in total. The summed E-state index contributed by atoms with van der Waals surface area (Å²) in [6.45, 7) is 1.50. The first-order valence-corrected chi connectivity index (χ1v) is 7.42. The fraction of sp³-hybridized carbons (Fsp3) is 0.643. The molecule has 1 heterocycles. The van der Waals surface area contributed by atoms with Gasteiger partial charge in [-0.15, -0.1) is 0 Å². The average Bonchev–Trinajstić information content (AvgIpc) is 2.65. The minimum Gasteiger partial charge on any atom is -0.366 e. The predicted octanol–water partition coefficient (Wildman–Crippen LogP) is 3.60. The van der Waals surface area contributed by atoms with Gasteiger partial charge < -0.3 is 10.6 Å². The molecule has 1 fully saturated rings. The molecule has 106 valence electrons. The molecular weight excluding hydrogens is 265 g/mol. The van der Waals surface area contributed by atoms with Gasteiger partial charge in [0.15, 0.2) is 11.6 Å². The number of aromatic nitrogens is 1. The van der Waals surface area contributed by atoms with E-state index < -0.39 is 5.82 Å². The zero-order chi connectivity index (χ0) is 13.5. The van der Waals surface area contributed by atoms with Gasteiger partial charge in [-0.2, -0.15) is 0 Å². The molecule has 0 spiro atoms. The monoisotopic (exact) mass is 285 g/mol. The van der Waals surface area contributed by atoms with Gasteiger partial charge in [0.1, 0.15) is 0 Å². The molecule has 0 amide bonds. The Morgan fingerprint density at radius 3 is 2.63 bits per heavy atom. The van der Waals surface area contributed by atoms with Gasteiger partial charge >= 0.3 is 0 Å². The lowest BCUT2D eigenvalue weighted by Crippen LogP contribution is -2.32. The Hall–Kier alpha value is -0.870. The van der Waals surface area contributed by atoms with E-state index in [0.29, 0.717) is 17.6 Å². The van der Waals surface area contributed by atoms with E-state index in [1.807, 2.05) is 0 Å². The largest absolute Gasteiger partial charge is 0.366 e. The van der Waals surface area contributed by atoms with Gasteiger partial charge in [-0.1, -0.05) is 37.3 Å². The van der Waals surface area contributed by atoms with Gasteiger partial charge in [0.25, 0.3) is 0 Å². The molecule has 3 nitrogen and oxygen atoms in total. The molecule has 1 aliphatic carbocycles. The van der Waals surface area contributed by atoms with Crippen LogP contribution >= 0.6 is 11.6 Å². The second-order valence-electron chi connectivity index (χ2n) is 5.05. The molecule has 1 saturated carbocycles. The molecular formula is C14H21ClFN3. The highest BCUT2D eigenvalue weighted by Crippen LogP contribution is 2.17. The second-order valence-corrected chi connectivity index (χ2v) is 5.49. The van der Waals surface area contributed by atoms with Crippen LogP contribution in [0, 0.1) is 5.82 Å². The third-order valence-corrected chi connectivity index (χ3v) is 3.72. The molecule has 0 radical (unpaired) electrons. The predicted molar refractivity (Wildman–Crippen MR) is 77.2 cm³/mol. The first-order chi connectivity index (χ1) is 9.25. The van der Waals surface area contributed by atoms with Gasteiger partial charge in [0.05, 0.1) is 5.02 Å². The first-order valence-electron chi connectivity index (χ1n) is 7.04. The van der Waals surface area contributed by atoms with Crippen molar-refractivity contribution >= 4 is 17.4 Å². The van der Waals surface area contributed by atoms with Crippen LogP contribution < -0.4 is 10.6 Å². The molecule has 0 bridgehead atoms. The van der Waals surface area contributed by atoms with E-state index in [9.17, 15) is 4.39 Å². The maximum absolute atomic E-state index is 13.5. The summed E-state index contributed by atoms with van der Waals surface area (Å²) in [4.78, 5) is 3.93. The Labute approximate surface area is 118 Å². The zero-order valence-electron chi connectivity index (χ0n) is 11.1. The molecule has 0 aromatic carbocycles. The van der Waals surface area contributed by atoms with Crippen molar-refractivity contribution in [2.24, 2.45) is 0 Å². The van der Waals surface area contributed by atoms with Gasteiger partial charge in [0, 0.05) is 25.3 Å². The molecule has 0 aliphatic heterocycles. The van der Waals surface area contributed by atoms with Crippen LogP contribution in [0.2, 0.25) is 5.02 Å². The zero-order valence-corrected chi connectivity index (χ0v) is 11.8. The average molecular weight is 286 g/mol. The fourth-order valence-corrected chi connectivity index (χ4v) is 2.63. The molecule has 0 atom stereocenters. The number of nitrogens with one attached hydrogen (secondary N) is 2. The summed E-state index contributed by atoms with van der Waals surface area (Å²) in [5.74, 6) is -0.131. The molecule has 19 heavy (non-hydrogen) atoms. The number of hydrogen-bond donors (Lipinski definition) is 2. The highest BCUT2D eigenvalue weighted by atomic mass is 35.5. The number of hydrogen-bond acceptors (Lipinski definition) is 3. The van der Waals surface area contributed by atoms with Gasteiger partial charge in [0.2, 0.25) is 0 Å². The van der Waals surface area contributed by atoms with Crippen molar-refractivity contribution in [3.05, 3.63) is 23.1 Å². The Balaban J connectivity index is 1.68. The minimum atomic E-state index is -0.401. The van der Waals surface area contributed by atoms with Gasteiger partial charge in [-0.25, -0.2) is 9.37 Å². The summed E-state index contributed by atoms with van der Waals surface area (Å²) in [6, 6.07) is 1.89. The van der Waals surface area contributed by atoms with Crippen LogP contribution in [0.5, 0.6) is 0 Å². The number of halogens is 2. The Bertz CT molecular complexity index is 392. The van der Waals surface area contributed by atoms with E-state index in [0.717, 1.165) is 6.54 Å². The third kappa shape index (κ3) is 4.96. The van der Waals surface area contributed by atoms with Crippen LogP contribution in [0.1, 0.15) is 38.5 Å². The van der Waals surface area contributed by atoms with Crippen molar-refractivity contribution < 1.29 is 4.39 Å². The van der Waals surface area contributed by atoms with Crippen LogP contribution in [-0.4, -0.2) is 24.1 Å². The van der Waals surface area contributed by atoms with Crippen molar-refractivity contribution in [3.63, 3.8) is 0 Å². The summed E-state index contributed by atoms with van der Waals surface area (Å²) in [5, 5.41) is 6.83. The summed E-state index contributed by atoms with van der Waals surface area (Å²) in [5.41, 5.74) is 0. The smallest absolute Gasteiger partial charge is 0.166 e. The van der Waals surface area contributed by atoms with Gasteiger partial charge in [-0.3, -0.25) is 0 Å². The maximum atomic E-state index is 13.5. The van der Waals surface area contributed by atoms with E-state index in [2.05, 4.69) is 15.6 Å². The van der Waals surface area contributed by atoms with Crippen LogP contribution in [-0.2, 0) is 0 Å².